The zero-order valence-electron chi connectivity index (χ0n) is 11.8. The summed E-state index contributed by atoms with van der Waals surface area (Å²) in [6, 6.07) is 4.85. The normalized spacial score (nSPS) is 10.7. The Balaban J connectivity index is 0.00000361. The van der Waals surface area contributed by atoms with Crippen LogP contribution in [-0.4, -0.2) is 18.9 Å². The van der Waals surface area contributed by atoms with Gasteiger partial charge in [-0.15, -0.1) is 0 Å². The number of esters is 1. The quantitative estimate of drug-likeness (QED) is 0.222. The number of benzene rings is 1. The molecular formula is C13H17NaO5S. The fraction of sp³-hybridized carbons (Fsp3) is 0.462. The van der Waals surface area contributed by atoms with E-state index < -0.39 is 10.1 Å². The van der Waals surface area contributed by atoms with Crippen LogP contribution in [0.4, 0.5) is 0 Å². The van der Waals surface area contributed by atoms with Crippen LogP contribution in [0, 0.1) is 0 Å². The predicted octanol–water partition coefficient (Wildman–Crippen LogP) is -0.529. The maximum Gasteiger partial charge on any atom is 1.00 e. The van der Waals surface area contributed by atoms with Gasteiger partial charge < -0.3 is 9.29 Å². The monoisotopic (exact) mass is 308 g/mol. The summed E-state index contributed by atoms with van der Waals surface area (Å²) in [6.45, 7) is 2.09. The van der Waals surface area contributed by atoms with E-state index in [9.17, 15) is 17.8 Å². The van der Waals surface area contributed by atoms with Crippen LogP contribution >= 0.6 is 0 Å². The van der Waals surface area contributed by atoms with Gasteiger partial charge in [0.15, 0.2) is 0 Å². The van der Waals surface area contributed by atoms with E-state index in [1.807, 2.05) is 0 Å². The van der Waals surface area contributed by atoms with Crippen molar-refractivity contribution >= 4 is 16.1 Å². The molecule has 0 aromatic heterocycles. The Kier molecular flexibility index (Phi) is 9.33. The van der Waals surface area contributed by atoms with Gasteiger partial charge in [-0.05, 0) is 30.7 Å². The van der Waals surface area contributed by atoms with Gasteiger partial charge in [0.1, 0.15) is 15.9 Å². The van der Waals surface area contributed by atoms with Gasteiger partial charge in [0.2, 0.25) is 0 Å². The van der Waals surface area contributed by atoms with Gasteiger partial charge >= 0.3 is 35.5 Å². The summed E-state index contributed by atoms with van der Waals surface area (Å²) in [4.78, 5) is 11.1. The smallest absolute Gasteiger partial charge is 0.744 e. The first-order valence-corrected chi connectivity index (χ1v) is 7.61. The van der Waals surface area contributed by atoms with E-state index in [1.165, 1.54) is 12.1 Å². The zero-order valence-corrected chi connectivity index (χ0v) is 14.6. The molecule has 1 aromatic rings. The van der Waals surface area contributed by atoms with Crippen molar-refractivity contribution < 1.29 is 52.1 Å². The molecule has 5 nitrogen and oxygen atoms in total. The molecule has 0 saturated carbocycles. The third kappa shape index (κ3) is 7.40. The zero-order chi connectivity index (χ0) is 14.3. The molecule has 0 bridgehead atoms. The molecule has 0 heterocycles. The summed E-state index contributed by atoms with van der Waals surface area (Å²) in [6.07, 6.45) is 4.28. The molecule has 7 heteroatoms. The van der Waals surface area contributed by atoms with Gasteiger partial charge in [-0.25, -0.2) is 8.42 Å². The second kappa shape index (κ2) is 9.52. The number of rotatable bonds is 7. The molecule has 0 aliphatic rings. The Morgan fingerprint density at radius 1 is 1.15 bits per heavy atom. The minimum Gasteiger partial charge on any atom is -0.744 e. The van der Waals surface area contributed by atoms with E-state index in [2.05, 4.69) is 6.92 Å². The maximum absolute atomic E-state index is 11.5. The van der Waals surface area contributed by atoms with Gasteiger partial charge in [0.25, 0.3) is 0 Å². The summed E-state index contributed by atoms with van der Waals surface area (Å²) in [5, 5.41) is 0. The van der Waals surface area contributed by atoms with Gasteiger partial charge in [0, 0.05) is 6.42 Å². The van der Waals surface area contributed by atoms with Crippen LogP contribution in [0.3, 0.4) is 0 Å². The Bertz CT molecular complexity index is 510. The van der Waals surface area contributed by atoms with Crippen molar-refractivity contribution in [2.24, 2.45) is 0 Å². The summed E-state index contributed by atoms with van der Waals surface area (Å²) >= 11 is 0. The molecule has 106 valence electrons. The number of unbranched alkanes of at least 4 members (excludes halogenated alkanes) is 3. The second-order valence-electron chi connectivity index (χ2n) is 4.21. The number of ether oxygens (including phenoxy) is 1. The topological polar surface area (TPSA) is 83.5 Å². The van der Waals surface area contributed by atoms with Crippen LogP contribution in [0.1, 0.15) is 39.0 Å². The van der Waals surface area contributed by atoms with Crippen molar-refractivity contribution in [3.05, 3.63) is 24.3 Å². The van der Waals surface area contributed by atoms with Crippen molar-refractivity contribution in [1.82, 2.24) is 0 Å². The average Bonchev–Trinajstić information content (AvgIpc) is 2.34. The molecule has 0 aliphatic carbocycles. The standard InChI is InChI=1S/C13H18O5S.Na/c1-2-3-4-5-6-13(14)18-11-7-9-12(10-8-11)19(15,16)17;/h7-10H,2-6H2,1H3,(H,15,16,17);/q;+1/p-1. The SMILES string of the molecule is CCCCCCC(=O)Oc1ccc(S(=O)(=O)[O-])cc1.[Na+]. The Morgan fingerprint density at radius 2 is 1.75 bits per heavy atom. The van der Waals surface area contributed by atoms with E-state index in [4.69, 9.17) is 4.74 Å². The average molecular weight is 308 g/mol. The molecule has 0 aliphatic heterocycles. The predicted molar refractivity (Wildman–Crippen MR) is 68.8 cm³/mol. The van der Waals surface area contributed by atoms with Crippen LogP contribution < -0.4 is 34.3 Å². The van der Waals surface area contributed by atoms with Gasteiger partial charge in [-0.2, -0.15) is 0 Å². The van der Waals surface area contributed by atoms with E-state index in [-0.39, 0.29) is 46.2 Å². The Hall–Kier alpha value is -0.400. The molecule has 0 radical (unpaired) electrons. The minimum atomic E-state index is -4.46. The van der Waals surface area contributed by atoms with Crippen LogP contribution in [0.2, 0.25) is 0 Å². The summed E-state index contributed by atoms with van der Waals surface area (Å²) in [5.74, 6) is -0.110. The van der Waals surface area contributed by atoms with Crippen molar-refractivity contribution in [1.29, 1.82) is 0 Å². The van der Waals surface area contributed by atoms with Gasteiger partial charge in [-0.3, -0.25) is 4.79 Å². The molecule has 1 aromatic carbocycles. The van der Waals surface area contributed by atoms with Crippen molar-refractivity contribution in [2.45, 2.75) is 43.9 Å². The van der Waals surface area contributed by atoms with Crippen LogP contribution in [0.15, 0.2) is 29.2 Å². The molecule has 0 atom stereocenters. The van der Waals surface area contributed by atoms with Crippen LogP contribution in [0.25, 0.3) is 0 Å². The molecule has 0 spiro atoms. The molecule has 0 amide bonds. The number of hydrogen-bond donors (Lipinski definition) is 0. The third-order valence-corrected chi connectivity index (χ3v) is 3.43. The molecule has 0 unspecified atom stereocenters. The molecule has 0 N–H and O–H groups in total. The van der Waals surface area contributed by atoms with E-state index in [1.54, 1.807) is 0 Å². The fourth-order valence-corrected chi connectivity index (χ4v) is 2.02. The van der Waals surface area contributed by atoms with E-state index >= 15 is 0 Å². The first-order chi connectivity index (χ1) is 8.93. The largest absolute Gasteiger partial charge is 1.00 e. The van der Waals surface area contributed by atoms with Crippen molar-refractivity contribution in [2.75, 3.05) is 0 Å². The summed E-state index contributed by atoms with van der Waals surface area (Å²) in [5.41, 5.74) is 0. The Labute approximate surface area is 141 Å². The van der Waals surface area contributed by atoms with Gasteiger partial charge in [-0.1, -0.05) is 26.2 Å². The van der Waals surface area contributed by atoms with Crippen LogP contribution in [0.5, 0.6) is 5.75 Å². The maximum atomic E-state index is 11.5. The number of hydrogen-bond acceptors (Lipinski definition) is 5. The molecule has 0 saturated heterocycles. The van der Waals surface area contributed by atoms with E-state index in [0.717, 1.165) is 37.8 Å². The molecule has 1 rings (SSSR count). The number of carbonyl (C=O) groups excluding carboxylic acids is 1. The second-order valence-corrected chi connectivity index (χ2v) is 5.59. The summed E-state index contributed by atoms with van der Waals surface area (Å²) < 4.78 is 37.1. The summed E-state index contributed by atoms with van der Waals surface area (Å²) in [7, 11) is -4.46. The van der Waals surface area contributed by atoms with Gasteiger partial charge in [0.05, 0.1) is 4.90 Å². The first-order valence-electron chi connectivity index (χ1n) is 6.20. The first kappa shape index (κ1) is 19.6. The van der Waals surface area contributed by atoms with Crippen molar-refractivity contribution in [3.63, 3.8) is 0 Å². The Morgan fingerprint density at radius 3 is 2.25 bits per heavy atom. The molecular weight excluding hydrogens is 291 g/mol. The van der Waals surface area contributed by atoms with Crippen molar-refractivity contribution in [3.8, 4) is 5.75 Å². The van der Waals surface area contributed by atoms with E-state index in [0.29, 0.717) is 6.42 Å². The fourth-order valence-electron chi connectivity index (χ4n) is 1.55. The molecule has 0 fully saturated rings. The third-order valence-electron chi connectivity index (χ3n) is 2.58. The number of carbonyl (C=O) groups is 1. The molecule has 20 heavy (non-hydrogen) atoms. The van der Waals surface area contributed by atoms with Crippen LogP contribution in [-0.2, 0) is 14.9 Å². The minimum absolute atomic E-state index is 0.